The maximum Gasteiger partial charge on any atom is 0.260 e. The molecule has 39 heavy (non-hydrogen) atoms. The van der Waals surface area contributed by atoms with Gasteiger partial charge in [0.25, 0.3) is 5.56 Å². The molecule has 1 N–H and O–H groups in total. The van der Waals surface area contributed by atoms with Gasteiger partial charge in [-0.15, -0.1) is 0 Å². The summed E-state index contributed by atoms with van der Waals surface area (Å²) in [6.07, 6.45) is 1.03. The highest BCUT2D eigenvalue weighted by atomic mass is 32.2. The number of benzene rings is 2. The van der Waals surface area contributed by atoms with Crippen LogP contribution in [0.25, 0.3) is 22.0 Å². The molecule has 6 nitrogen and oxygen atoms in total. The number of sulfonamides is 1. The van der Waals surface area contributed by atoms with Crippen LogP contribution in [0.1, 0.15) is 118 Å². The molecule has 0 aliphatic heterocycles. The largest absolute Gasteiger partial charge is 0.293 e. The average Bonchev–Trinajstić information content (AvgIpc) is 3.03. The van der Waals surface area contributed by atoms with Crippen molar-refractivity contribution in [1.82, 2.24) is 9.29 Å². The molecule has 1 heterocycles. The number of hydrogen-bond acceptors (Lipinski definition) is 4. The van der Waals surface area contributed by atoms with Crippen LogP contribution in [0.3, 0.4) is 0 Å². The summed E-state index contributed by atoms with van der Waals surface area (Å²) < 4.78 is 26.7. The minimum Gasteiger partial charge on any atom is -0.293 e. The van der Waals surface area contributed by atoms with Crippen LogP contribution in [0.5, 0.6) is 0 Å². The summed E-state index contributed by atoms with van der Waals surface area (Å²) in [5.41, 5.74) is 1.71. The van der Waals surface area contributed by atoms with Gasteiger partial charge in [0.2, 0.25) is 10.0 Å². The smallest absolute Gasteiger partial charge is 0.260 e. The fourth-order valence-corrected chi connectivity index (χ4v) is 3.63. The first-order valence-electron chi connectivity index (χ1n) is 9.63. The van der Waals surface area contributed by atoms with E-state index >= 15 is 0 Å². The van der Waals surface area contributed by atoms with Crippen molar-refractivity contribution in [3.63, 3.8) is 0 Å². The molecule has 0 fully saturated rings. The number of pyridine rings is 1. The molecule has 7 heteroatoms. The Labute approximate surface area is 245 Å². The van der Waals surface area contributed by atoms with Crippen molar-refractivity contribution in [1.29, 1.82) is 0 Å². The monoisotopic (exact) mass is 574 g/mol. The van der Waals surface area contributed by atoms with E-state index in [0.29, 0.717) is 33.2 Å². The lowest BCUT2D eigenvalue weighted by Gasteiger charge is -2.15. The lowest BCUT2D eigenvalue weighted by Crippen LogP contribution is -2.33. The highest BCUT2D eigenvalue weighted by molar-refractivity contribution is 7.88. The third kappa shape index (κ3) is 11.9. The Bertz CT molecular complexity index is 1210. The zero-order valence-corrected chi connectivity index (χ0v) is 18.1. The molecule has 0 radical (unpaired) electrons. The SMILES string of the molecule is C.C.C.C.C.C.C.C.C.C.CC.CC.CS(=O)(=O)NCn1c2c(c3ccccc3c1=O)C(=O)c1ccccc1-2. The molecule has 1 aromatic heterocycles. The summed E-state index contributed by atoms with van der Waals surface area (Å²) in [6.45, 7) is 7.77. The number of carbonyl (C=O) groups is 1. The fraction of sp³-hybridized carbons (Fsp3) is 0.500. The number of rotatable bonds is 3. The first-order chi connectivity index (χ1) is 13.9. The van der Waals surface area contributed by atoms with Crippen LogP contribution in [0.15, 0.2) is 53.3 Å². The molecular weight excluding hydrogens is 508 g/mol. The number of hydrogen-bond donors (Lipinski definition) is 1. The molecule has 4 rings (SSSR count). The first-order valence-corrected chi connectivity index (χ1v) is 11.5. The van der Waals surface area contributed by atoms with Gasteiger partial charge in [0.15, 0.2) is 5.78 Å². The van der Waals surface area contributed by atoms with E-state index in [1.54, 1.807) is 48.5 Å². The number of carbonyl (C=O) groups excluding carboxylic acids is 1. The predicted octanol–water partition coefficient (Wildman–Crippen LogP) is 10.1. The van der Waals surface area contributed by atoms with E-state index in [0.717, 1.165) is 6.26 Å². The van der Waals surface area contributed by atoms with Gasteiger partial charge in [0, 0.05) is 21.9 Å². The second-order valence-electron chi connectivity index (χ2n) is 5.95. The molecule has 3 aromatic rings. The van der Waals surface area contributed by atoms with E-state index in [1.165, 1.54) is 4.57 Å². The lowest BCUT2D eigenvalue weighted by molar-refractivity contribution is 0.104. The summed E-state index contributed by atoms with van der Waals surface area (Å²) in [7, 11) is -3.50. The molecule has 0 spiro atoms. The highest BCUT2D eigenvalue weighted by Gasteiger charge is 2.32. The quantitative estimate of drug-likeness (QED) is 0.264. The van der Waals surface area contributed by atoms with Gasteiger partial charge in [-0.05, 0) is 6.07 Å². The van der Waals surface area contributed by atoms with Crippen LogP contribution in [0.2, 0.25) is 0 Å². The number of nitrogens with zero attached hydrogens (tertiary/aromatic N) is 1. The van der Waals surface area contributed by atoms with Crippen LogP contribution in [-0.4, -0.2) is 25.0 Å². The molecule has 0 amide bonds. The Morgan fingerprint density at radius 2 is 1.03 bits per heavy atom. The summed E-state index contributed by atoms with van der Waals surface area (Å²) in [5, 5.41) is 0.969. The predicted molar refractivity (Wildman–Crippen MR) is 185 cm³/mol. The van der Waals surface area contributed by atoms with Crippen molar-refractivity contribution in [3.8, 4) is 11.3 Å². The van der Waals surface area contributed by atoms with E-state index in [4.69, 9.17) is 0 Å². The third-order valence-corrected chi connectivity index (χ3v) is 4.97. The molecule has 234 valence electrons. The van der Waals surface area contributed by atoms with E-state index < -0.39 is 10.0 Å². The van der Waals surface area contributed by atoms with Gasteiger partial charge in [-0.2, -0.15) is 4.72 Å². The van der Waals surface area contributed by atoms with Crippen molar-refractivity contribution >= 4 is 26.6 Å². The molecule has 0 bridgehead atoms. The zero-order valence-electron chi connectivity index (χ0n) is 17.3. The van der Waals surface area contributed by atoms with Crippen molar-refractivity contribution < 1.29 is 13.2 Å². The van der Waals surface area contributed by atoms with Crippen molar-refractivity contribution in [3.05, 3.63) is 70.0 Å². The Kier molecular flexibility index (Phi) is 39.7. The minimum atomic E-state index is -3.50. The Hall–Kier alpha value is -2.77. The summed E-state index contributed by atoms with van der Waals surface area (Å²) in [5.74, 6) is -0.157. The standard InChI is InChI=1S/C18H14N2O4S.2C2H6.10CH4/c1-25(23,24)19-10-20-16-12-7-3-4-8-13(12)17(21)15(16)11-6-2-5-9-14(11)18(20)22;2*1-2;;;;;;;;;;/h2-9,19H,10H2,1H3;2*1-2H3;10*1H4. The van der Waals surface area contributed by atoms with Gasteiger partial charge >= 0.3 is 0 Å². The van der Waals surface area contributed by atoms with Crippen molar-refractivity contribution in [2.75, 3.05) is 6.26 Å². The van der Waals surface area contributed by atoms with Crippen LogP contribution in [0.4, 0.5) is 0 Å². The Morgan fingerprint density at radius 1 is 0.641 bits per heavy atom. The van der Waals surface area contributed by atoms with E-state index in [2.05, 4.69) is 4.72 Å². The molecule has 1 aliphatic carbocycles. The highest BCUT2D eigenvalue weighted by Crippen LogP contribution is 2.38. The number of fused-ring (bicyclic) bond motifs is 5. The minimum absolute atomic E-state index is 0. The van der Waals surface area contributed by atoms with Crippen LogP contribution < -0.4 is 10.3 Å². The normalized spacial score (nSPS) is 8.69. The third-order valence-electron chi connectivity index (χ3n) is 4.32. The number of aromatic nitrogens is 1. The van der Waals surface area contributed by atoms with Crippen LogP contribution >= 0.6 is 0 Å². The molecule has 0 saturated heterocycles. The molecule has 0 saturated carbocycles. The van der Waals surface area contributed by atoms with Gasteiger partial charge in [-0.25, -0.2) is 8.42 Å². The maximum atomic E-state index is 12.9. The van der Waals surface area contributed by atoms with Crippen molar-refractivity contribution in [2.45, 2.75) is 109 Å². The molecule has 0 unspecified atom stereocenters. The second kappa shape index (κ2) is 25.5. The van der Waals surface area contributed by atoms with Gasteiger partial charge in [0.05, 0.1) is 24.2 Å². The van der Waals surface area contributed by atoms with E-state index in [1.807, 2.05) is 27.7 Å². The molecule has 0 atom stereocenters. The molecular formula is C32H66N2O4S. The van der Waals surface area contributed by atoms with Gasteiger partial charge in [0.1, 0.15) is 0 Å². The number of ketones is 1. The van der Waals surface area contributed by atoms with Gasteiger partial charge < -0.3 is 0 Å². The maximum absolute atomic E-state index is 12.9. The van der Waals surface area contributed by atoms with Crippen LogP contribution in [0, 0.1) is 0 Å². The first kappa shape index (κ1) is 60.6. The zero-order chi connectivity index (χ0) is 21.8. The lowest BCUT2D eigenvalue weighted by atomic mass is 10.0. The molecule has 1 aliphatic rings. The van der Waals surface area contributed by atoms with Crippen LogP contribution in [-0.2, 0) is 16.7 Å². The molecule has 2 aromatic carbocycles. The Morgan fingerprint density at radius 3 is 1.46 bits per heavy atom. The topological polar surface area (TPSA) is 85.2 Å². The van der Waals surface area contributed by atoms with E-state index in [9.17, 15) is 18.0 Å². The Balaban J connectivity index is -0.0000000880. The fourth-order valence-electron chi connectivity index (χ4n) is 3.26. The average molecular weight is 575 g/mol. The van der Waals surface area contributed by atoms with Gasteiger partial charge in [-0.1, -0.05) is 144 Å². The summed E-state index contributed by atoms with van der Waals surface area (Å²) in [4.78, 5) is 25.9. The van der Waals surface area contributed by atoms with Crippen molar-refractivity contribution in [2.24, 2.45) is 0 Å². The second-order valence-corrected chi connectivity index (χ2v) is 7.78. The number of nitrogens with one attached hydrogen (secondary N) is 1. The van der Waals surface area contributed by atoms with E-state index in [-0.39, 0.29) is 92.3 Å². The van der Waals surface area contributed by atoms with Gasteiger partial charge in [-0.3, -0.25) is 14.2 Å². The summed E-state index contributed by atoms with van der Waals surface area (Å²) in [6, 6.07) is 13.9. The summed E-state index contributed by atoms with van der Waals surface area (Å²) >= 11 is 0.